The van der Waals surface area contributed by atoms with Crippen molar-refractivity contribution in [3.63, 3.8) is 0 Å². The van der Waals surface area contributed by atoms with Gasteiger partial charge in [-0.2, -0.15) is 5.10 Å². The van der Waals surface area contributed by atoms with Gasteiger partial charge in [0.1, 0.15) is 0 Å². The van der Waals surface area contributed by atoms with Crippen molar-refractivity contribution >= 4 is 11.6 Å². The number of carbonyl (C=O) groups is 1. The van der Waals surface area contributed by atoms with Crippen LogP contribution < -0.4 is 11.1 Å². The van der Waals surface area contributed by atoms with E-state index in [1.54, 1.807) is 13.8 Å². The fourth-order valence-corrected chi connectivity index (χ4v) is 1.60. The molecule has 1 heterocycles. The minimum atomic E-state index is -0.706. The lowest BCUT2D eigenvalue weighted by atomic mass is 10.1. The highest BCUT2D eigenvalue weighted by Crippen LogP contribution is 2.42. The first-order valence-electron chi connectivity index (χ1n) is 5.58. The first-order chi connectivity index (χ1) is 7.94. The van der Waals surface area contributed by atoms with Gasteiger partial charge in [-0.15, -0.1) is 6.42 Å². The second-order valence-corrected chi connectivity index (χ2v) is 4.90. The first-order valence-corrected chi connectivity index (χ1v) is 5.58. The summed E-state index contributed by atoms with van der Waals surface area (Å²) in [6, 6.07) is 0. The summed E-state index contributed by atoms with van der Waals surface area (Å²) in [5, 5.41) is 9.50. The van der Waals surface area contributed by atoms with Gasteiger partial charge in [-0.25, -0.2) is 0 Å². The van der Waals surface area contributed by atoms with E-state index in [2.05, 4.69) is 21.4 Å². The quantitative estimate of drug-likeness (QED) is 0.680. The summed E-state index contributed by atoms with van der Waals surface area (Å²) in [5.74, 6) is 2.59. The second-order valence-electron chi connectivity index (χ2n) is 4.90. The van der Waals surface area contributed by atoms with Crippen LogP contribution >= 0.6 is 0 Å². The third kappa shape index (κ3) is 2.26. The Morgan fingerprint density at radius 2 is 2.29 bits per heavy atom. The van der Waals surface area contributed by atoms with Gasteiger partial charge in [0.2, 0.25) is 0 Å². The van der Waals surface area contributed by atoms with Crippen LogP contribution in [0.2, 0.25) is 0 Å². The molecule has 1 aromatic rings. The van der Waals surface area contributed by atoms with Crippen LogP contribution in [0.1, 0.15) is 48.8 Å². The SMILES string of the molecule is C#CC(C)(C)NC(=O)c1n[nH]c(C2CC2)c1N. The molecule has 17 heavy (non-hydrogen) atoms. The maximum Gasteiger partial charge on any atom is 0.275 e. The highest BCUT2D eigenvalue weighted by Gasteiger charge is 2.31. The minimum absolute atomic E-state index is 0.232. The van der Waals surface area contributed by atoms with Gasteiger partial charge in [0.25, 0.3) is 5.91 Å². The number of nitrogens with two attached hydrogens (primary N) is 1. The average molecular weight is 232 g/mol. The smallest absolute Gasteiger partial charge is 0.275 e. The van der Waals surface area contributed by atoms with Gasteiger partial charge in [0.05, 0.1) is 16.9 Å². The normalized spacial score (nSPS) is 15.4. The molecular weight excluding hydrogens is 216 g/mol. The number of aromatic nitrogens is 2. The van der Waals surface area contributed by atoms with Crippen molar-refractivity contribution in [1.29, 1.82) is 0 Å². The maximum absolute atomic E-state index is 11.9. The molecule has 2 rings (SSSR count). The molecule has 1 fully saturated rings. The molecule has 1 amide bonds. The Bertz CT molecular complexity index is 491. The highest BCUT2D eigenvalue weighted by atomic mass is 16.2. The number of nitrogens with one attached hydrogen (secondary N) is 2. The minimum Gasteiger partial charge on any atom is -0.395 e. The summed E-state index contributed by atoms with van der Waals surface area (Å²) in [4.78, 5) is 11.9. The largest absolute Gasteiger partial charge is 0.395 e. The standard InChI is InChI=1S/C12H16N4O/c1-4-12(2,3)14-11(17)10-8(13)9(15-16-10)7-5-6-7/h1,7H,5-6,13H2,2-3H3,(H,14,17)(H,15,16). The molecule has 0 bridgehead atoms. The van der Waals surface area contributed by atoms with Crippen LogP contribution in [0, 0.1) is 12.3 Å². The molecule has 4 N–H and O–H groups in total. The molecule has 1 saturated carbocycles. The van der Waals surface area contributed by atoms with E-state index in [0.29, 0.717) is 11.6 Å². The summed E-state index contributed by atoms with van der Waals surface area (Å²) < 4.78 is 0. The summed E-state index contributed by atoms with van der Waals surface area (Å²) in [6.45, 7) is 3.49. The van der Waals surface area contributed by atoms with Gasteiger partial charge in [0.15, 0.2) is 5.69 Å². The number of aromatic amines is 1. The predicted octanol–water partition coefficient (Wildman–Crippen LogP) is 1.01. The van der Waals surface area contributed by atoms with Crippen molar-refractivity contribution in [3.05, 3.63) is 11.4 Å². The third-order valence-corrected chi connectivity index (χ3v) is 2.82. The number of H-pyrrole nitrogens is 1. The van der Waals surface area contributed by atoms with Gasteiger partial charge < -0.3 is 11.1 Å². The molecular formula is C12H16N4O. The lowest BCUT2D eigenvalue weighted by Crippen LogP contribution is -2.42. The van der Waals surface area contributed by atoms with E-state index in [0.717, 1.165) is 18.5 Å². The number of carbonyl (C=O) groups excluding carboxylic acids is 1. The Morgan fingerprint density at radius 1 is 1.65 bits per heavy atom. The van der Waals surface area contributed by atoms with Gasteiger partial charge >= 0.3 is 0 Å². The molecule has 5 nitrogen and oxygen atoms in total. The summed E-state index contributed by atoms with van der Waals surface area (Å²) in [7, 11) is 0. The molecule has 5 heteroatoms. The average Bonchev–Trinajstić information content (AvgIpc) is 3.02. The Balaban J connectivity index is 2.17. The van der Waals surface area contributed by atoms with Gasteiger partial charge in [-0.1, -0.05) is 5.92 Å². The van der Waals surface area contributed by atoms with Crippen LogP contribution in [0.5, 0.6) is 0 Å². The molecule has 0 aliphatic heterocycles. The van der Waals surface area contributed by atoms with E-state index in [4.69, 9.17) is 12.2 Å². The van der Waals surface area contributed by atoms with Gasteiger partial charge in [-0.05, 0) is 26.7 Å². The fraction of sp³-hybridized carbons (Fsp3) is 0.500. The van der Waals surface area contributed by atoms with E-state index in [-0.39, 0.29) is 11.6 Å². The molecule has 1 aromatic heterocycles. The van der Waals surface area contributed by atoms with Crippen molar-refractivity contribution < 1.29 is 4.79 Å². The molecule has 0 aromatic carbocycles. The lowest BCUT2D eigenvalue weighted by Gasteiger charge is -2.18. The number of nitrogens with zero attached hydrogens (tertiary/aromatic N) is 1. The van der Waals surface area contributed by atoms with E-state index in [1.165, 1.54) is 0 Å². The number of nitrogen functional groups attached to an aromatic ring is 1. The van der Waals surface area contributed by atoms with Gasteiger partial charge in [0, 0.05) is 5.92 Å². The van der Waals surface area contributed by atoms with Crippen molar-refractivity contribution in [3.8, 4) is 12.3 Å². The zero-order chi connectivity index (χ0) is 12.6. The summed E-state index contributed by atoms with van der Waals surface area (Å²) in [6.07, 6.45) is 7.51. The number of terminal acetylenes is 1. The highest BCUT2D eigenvalue weighted by molar-refractivity contribution is 5.98. The Kier molecular flexibility index (Phi) is 2.58. The van der Waals surface area contributed by atoms with Crippen LogP contribution in [0.3, 0.4) is 0 Å². The van der Waals surface area contributed by atoms with E-state index >= 15 is 0 Å². The van der Waals surface area contributed by atoms with Crippen molar-refractivity contribution in [2.45, 2.75) is 38.1 Å². The summed E-state index contributed by atoms with van der Waals surface area (Å²) >= 11 is 0. The molecule has 0 atom stereocenters. The molecule has 0 spiro atoms. The maximum atomic E-state index is 11.9. The van der Waals surface area contributed by atoms with E-state index in [1.807, 2.05) is 0 Å². The van der Waals surface area contributed by atoms with Gasteiger partial charge in [-0.3, -0.25) is 9.89 Å². The number of amides is 1. The molecule has 0 radical (unpaired) electrons. The Hall–Kier alpha value is -1.96. The second kappa shape index (κ2) is 3.81. The van der Waals surface area contributed by atoms with Crippen LogP contribution in [0.4, 0.5) is 5.69 Å². The molecule has 1 aliphatic rings. The topological polar surface area (TPSA) is 83.8 Å². The number of hydrogen-bond donors (Lipinski definition) is 3. The molecule has 1 aliphatic carbocycles. The molecule has 0 unspecified atom stereocenters. The number of anilines is 1. The summed E-state index contributed by atoms with van der Waals surface area (Å²) in [5.41, 5.74) is 6.74. The monoisotopic (exact) mass is 232 g/mol. The number of rotatable bonds is 3. The van der Waals surface area contributed by atoms with Crippen molar-refractivity contribution in [2.75, 3.05) is 5.73 Å². The molecule has 90 valence electrons. The zero-order valence-electron chi connectivity index (χ0n) is 10.0. The molecule has 0 saturated heterocycles. The van der Waals surface area contributed by atoms with Crippen LogP contribution in [0.25, 0.3) is 0 Å². The Morgan fingerprint density at radius 3 is 2.82 bits per heavy atom. The van der Waals surface area contributed by atoms with Crippen LogP contribution in [-0.2, 0) is 0 Å². The number of hydrogen-bond acceptors (Lipinski definition) is 3. The predicted molar refractivity (Wildman–Crippen MR) is 65.4 cm³/mol. The van der Waals surface area contributed by atoms with E-state index in [9.17, 15) is 4.79 Å². The lowest BCUT2D eigenvalue weighted by molar-refractivity contribution is 0.0925. The third-order valence-electron chi connectivity index (χ3n) is 2.82. The fourth-order valence-electron chi connectivity index (χ4n) is 1.60. The Labute approximate surface area is 100 Å². The van der Waals surface area contributed by atoms with Crippen LogP contribution in [-0.4, -0.2) is 21.6 Å². The van der Waals surface area contributed by atoms with E-state index < -0.39 is 5.54 Å². The zero-order valence-corrected chi connectivity index (χ0v) is 10.0. The van der Waals surface area contributed by atoms with Crippen molar-refractivity contribution in [2.24, 2.45) is 0 Å². The first kappa shape index (κ1) is 11.5. The van der Waals surface area contributed by atoms with Crippen LogP contribution in [0.15, 0.2) is 0 Å². The van der Waals surface area contributed by atoms with Crippen molar-refractivity contribution in [1.82, 2.24) is 15.5 Å².